The molecule has 0 aliphatic carbocycles. The quantitative estimate of drug-likeness (QED) is 0.787. The third-order valence-corrected chi connectivity index (χ3v) is 3.19. The molecule has 0 radical (unpaired) electrons. The smallest absolute Gasteiger partial charge is 0.155 e. The number of anilines is 1. The third kappa shape index (κ3) is 2.12. The largest absolute Gasteiger partial charge is 0.382 e. The van der Waals surface area contributed by atoms with E-state index in [1.54, 1.807) is 6.07 Å². The van der Waals surface area contributed by atoms with Crippen LogP contribution in [-0.4, -0.2) is 15.0 Å². The summed E-state index contributed by atoms with van der Waals surface area (Å²) in [6, 6.07) is 13.7. The molecule has 0 fully saturated rings. The summed E-state index contributed by atoms with van der Waals surface area (Å²) < 4.78 is 14.6. The first-order chi connectivity index (χ1) is 9.66. The van der Waals surface area contributed by atoms with Gasteiger partial charge in [-0.3, -0.25) is 0 Å². The van der Waals surface area contributed by atoms with Crippen LogP contribution in [0.2, 0.25) is 5.02 Å². The van der Waals surface area contributed by atoms with Crippen LogP contribution in [0.15, 0.2) is 48.5 Å². The van der Waals surface area contributed by atoms with Gasteiger partial charge in [-0.05, 0) is 18.2 Å². The maximum atomic E-state index is 13.2. The number of nitrogen functional groups attached to an aromatic ring is 1. The van der Waals surface area contributed by atoms with Gasteiger partial charge in [-0.2, -0.15) is 4.68 Å². The highest BCUT2D eigenvalue weighted by atomic mass is 35.5. The third-order valence-electron chi connectivity index (χ3n) is 2.90. The van der Waals surface area contributed by atoms with Crippen molar-refractivity contribution >= 4 is 17.4 Å². The lowest BCUT2D eigenvalue weighted by molar-refractivity contribution is 0.627. The van der Waals surface area contributed by atoms with Crippen LogP contribution in [-0.2, 0) is 0 Å². The van der Waals surface area contributed by atoms with E-state index in [4.69, 9.17) is 17.3 Å². The Morgan fingerprint density at radius 1 is 1.10 bits per heavy atom. The molecule has 6 heteroatoms. The van der Waals surface area contributed by atoms with E-state index in [9.17, 15) is 4.39 Å². The summed E-state index contributed by atoms with van der Waals surface area (Å²) >= 11 is 5.76. The maximum absolute atomic E-state index is 13.2. The highest BCUT2D eigenvalue weighted by molar-refractivity contribution is 6.30. The van der Waals surface area contributed by atoms with Crippen LogP contribution < -0.4 is 5.73 Å². The molecule has 0 atom stereocenters. The Labute approximate surface area is 119 Å². The van der Waals surface area contributed by atoms with Gasteiger partial charge in [0.25, 0.3) is 0 Å². The number of rotatable bonds is 2. The minimum absolute atomic E-state index is 0.0126. The van der Waals surface area contributed by atoms with Gasteiger partial charge in [-0.15, -0.1) is 5.10 Å². The molecule has 3 rings (SSSR count). The fourth-order valence-corrected chi connectivity index (χ4v) is 2.07. The predicted molar refractivity (Wildman–Crippen MR) is 76.2 cm³/mol. The molecule has 1 heterocycles. The summed E-state index contributed by atoms with van der Waals surface area (Å²) in [5, 5.41) is 8.07. The van der Waals surface area contributed by atoms with E-state index < -0.39 is 5.82 Å². The second-order valence-corrected chi connectivity index (χ2v) is 4.61. The molecule has 1 aromatic heterocycles. The minimum Gasteiger partial charge on any atom is -0.382 e. The molecule has 0 aliphatic rings. The van der Waals surface area contributed by atoms with Crippen LogP contribution in [0.4, 0.5) is 10.2 Å². The second-order valence-electron chi connectivity index (χ2n) is 4.20. The van der Waals surface area contributed by atoms with Crippen molar-refractivity contribution in [3.8, 4) is 16.9 Å². The normalized spacial score (nSPS) is 10.7. The Balaban J connectivity index is 2.08. The average Bonchev–Trinajstić information content (AvgIpc) is 2.85. The summed E-state index contributed by atoms with van der Waals surface area (Å²) in [6.45, 7) is 0. The Hall–Kier alpha value is -2.40. The van der Waals surface area contributed by atoms with Gasteiger partial charge in [0.15, 0.2) is 5.82 Å². The highest BCUT2D eigenvalue weighted by Gasteiger charge is 2.13. The number of benzene rings is 2. The van der Waals surface area contributed by atoms with Crippen molar-refractivity contribution in [1.82, 2.24) is 15.0 Å². The topological polar surface area (TPSA) is 56.7 Å². The lowest BCUT2D eigenvalue weighted by atomic mass is 10.1. The van der Waals surface area contributed by atoms with Crippen molar-refractivity contribution in [3.05, 3.63) is 59.4 Å². The Kier molecular flexibility index (Phi) is 3.12. The van der Waals surface area contributed by atoms with Crippen LogP contribution in [0.1, 0.15) is 0 Å². The molecule has 0 saturated heterocycles. The van der Waals surface area contributed by atoms with Gasteiger partial charge >= 0.3 is 0 Å². The minimum atomic E-state index is -0.489. The van der Waals surface area contributed by atoms with Gasteiger partial charge in [0.05, 0.1) is 10.7 Å². The van der Waals surface area contributed by atoms with E-state index in [1.807, 2.05) is 30.3 Å². The molecule has 20 heavy (non-hydrogen) atoms. The molecule has 4 nitrogen and oxygen atoms in total. The van der Waals surface area contributed by atoms with Crippen LogP contribution in [0, 0.1) is 5.82 Å². The van der Waals surface area contributed by atoms with E-state index >= 15 is 0 Å². The summed E-state index contributed by atoms with van der Waals surface area (Å²) in [7, 11) is 0. The lowest BCUT2D eigenvalue weighted by Crippen LogP contribution is -2.02. The number of halogens is 2. The molecule has 0 bridgehead atoms. The summed E-state index contributed by atoms with van der Waals surface area (Å²) in [5.41, 5.74) is 8.06. The molecule has 0 unspecified atom stereocenters. The van der Waals surface area contributed by atoms with Crippen molar-refractivity contribution in [2.24, 2.45) is 0 Å². The lowest BCUT2D eigenvalue weighted by Gasteiger charge is -2.04. The average molecular weight is 289 g/mol. The number of nitrogens with two attached hydrogens (primary N) is 1. The molecule has 100 valence electrons. The van der Waals surface area contributed by atoms with Crippen LogP contribution in [0.3, 0.4) is 0 Å². The van der Waals surface area contributed by atoms with E-state index in [0.717, 1.165) is 5.56 Å². The predicted octanol–water partition coefficient (Wildman–Crippen LogP) is 3.31. The maximum Gasteiger partial charge on any atom is 0.155 e. The number of nitrogens with zero attached hydrogens (tertiary/aromatic N) is 3. The molecule has 0 spiro atoms. The van der Waals surface area contributed by atoms with Gasteiger partial charge in [-0.1, -0.05) is 47.1 Å². The Bertz CT molecular complexity index is 755. The molecule has 2 aromatic carbocycles. The first-order valence-corrected chi connectivity index (χ1v) is 6.26. The van der Waals surface area contributed by atoms with E-state index in [-0.39, 0.29) is 5.02 Å². The molecule has 0 aliphatic heterocycles. The second kappa shape index (κ2) is 4.94. The molecular weight excluding hydrogens is 279 g/mol. The SMILES string of the molecule is Nc1c(-c2ccccc2)nnn1-c1ccc(F)c(Cl)c1. The van der Waals surface area contributed by atoms with Crippen LogP contribution in [0.25, 0.3) is 16.9 Å². The van der Waals surface area contributed by atoms with Crippen LogP contribution in [0.5, 0.6) is 0 Å². The summed E-state index contributed by atoms with van der Waals surface area (Å²) in [4.78, 5) is 0. The van der Waals surface area contributed by atoms with Gasteiger partial charge in [0, 0.05) is 5.56 Å². The fraction of sp³-hybridized carbons (Fsp3) is 0. The van der Waals surface area contributed by atoms with Gasteiger partial charge in [0.2, 0.25) is 0 Å². The van der Waals surface area contributed by atoms with Crippen LogP contribution >= 0.6 is 11.6 Å². The first kappa shape index (κ1) is 12.6. The zero-order valence-corrected chi connectivity index (χ0v) is 11.0. The Morgan fingerprint density at radius 2 is 1.85 bits per heavy atom. The molecule has 0 saturated carbocycles. The standard InChI is InChI=1S/C14H10ClFN4/c15-11-8-10(6-7-12(11)16)20-14(17)13(18-19-20)9-4-2-1-3-5-9/h1-8H,17H2. The fourth-order valence-electron chi connectivity index (χ4n) is 1.90. The monoisotopic (exact) mass is 288 g/mol. The van der Waals surface area contributed by atoms with E-state index in [0.29, 0.717) is 17.2 Å². The Morgan fingerprint density at radius 3 is 2.55 bits per heavy atom. The summed E-state index contributed by atoms with van der Waals surface area (Å²) in [6.07, 6.45) is 0. The zero-order valence-electron chi connectivity index (χ0n) is 10.3. The highest BCUT2D eigenvalue weighted by Crippen LogP contribution is 2.26. The van der Waals surface area contributed by atoms with Crippen molar-refractivity contribution in [1.29, 1.82) is 0 Å². The zero-order chi connectivity index (χ0) is 14.1. The van der Waals surface area contributed by atoms with Gasteiger partial charge in [-0.25, -0.2) is 4.39 Å². The van der Waals surface area contributed by atoms with Crippen molar-refractivity contribution in [2.75, 3.05) is 5.73 Å². The van der Waals surface area contributed by atoms with E-state index in [2.05, 4.69) is 10.3 Å². The number of hydrogen-bond acceptors (Lipinski definition) is 3. The van der Waals surface area contributed by atoms with Gasteiger partial charge < -0.3 is 5.73 Å². The van der Waals surface area contributed by atoms with Crippen molar-refractivity contribution < 1.29 is 4.39 Å². The molecular formula is C14H10ClFN4. The molecule has 2 N–H and O–H groups in total. The molecule has 3 aromatic rings. The first-order valence-electron chi connectivity index (χ1n) is 5.89. The van der Waals surface area contributed by atoms with Gasteiger partial charge in [0.1, 0.15) is 11.5 Å². The van der Waals surface area contributed by atoms with E-state index in [1.165, 1.54) is 16.8 Å². The number of hydrogen-bond donors (Lipinski definition) is 1. The molecule has 0 amide bonds. The van der Waals surface area contributed by atoms with Crippen molar-refractivity contribution in [2.45, 2.75) is 0 Å². The number of aromatic nitrogens is 3. The van der Waals surface area contributed by atoms with Crippen molar-refractivity contribution in [3.63, 3.8) is 0 Å². The summed E-state index contributed by atoms with van der Waals surface area (Å²) in [5.74, 6) is -0.115.